The standard InChI is InChI=1S/C16H14N2O2/c1-20-14-10-7-12(8-11-14)6-9-13-4-2-3-5-15(13)18-16(17)19/h2-5,7-8,10-11H,1H3,(H3,17,18,19). The molecule has 0 bridgehead atoms. The van der Waals surface area contributed by atoms with E-state index >= 15 is 0 Å². The highest BCUT2D eigenvalue weighted by Gasteiger charge is 2.00. The predicted molar refractivity (Wildman–Crippen MR) is 78.6 cm³/mol. The Morgan fingerprint density at radius 3 is 2.45 bits per heavy atom. The van der Waals surface area contributed by atoms with Gasteiger partial charge in [0.05, 0.1) is 12.8 Å². The van der Waals surface area contributed by atoms with Gasteiger partial charge in [0.15, 0.2) is 0 Å². The van der Waals surface area contributed by atoms with Crippen molar-refractivity contribution in [2.75, 3.05) is 12.4 Å². The number of nitrogens with two attached hydrogens (primary N) is 1. The van der Waals surface area contributed by atoms with Crippen LogP contribution in [0.15, 0.2) is 48.5 Å². The third-order valence-corrected chi connectivity index (χ3v) is 2.62. The highest BCUT2D eigenvalue weighted by atomic mass is 16.5. The Hall–Kier alpha value is -2.93. The van der Waals surface area contributed by atoms with Crippen molar-refractivity contribution in [1.29, 1.82) is 0 Å². The second-order valence-corrected chi connectivity index (χ2v) is 4.01. The van der Waals surface area contributed by atoms with Gasteiger partial charge in [-0.3, -0.25) is 0 Å². The lowest BCUT2D eigenvalue weighted by molar-refractivity contribution is 0.259. The van der Waals surface area contributed by atoms with Crippen LogP contribution in [0.4, 0.5) is 10.5 Å². The molecule has 3 N–H and O–H groups in total. The molecule has 0 aliphatic heterocycles. The molecule has 0 aromatic heterocycles. The second-order valence-electron chi connectivity index (χ2n) is 4.01. The van der Waals surface area contributed by atoms with E-state index in [0.29, 0.717) is 11.3 Å². The van der Waals surface area contributed by atoms with Crippen molar-refractivity contribution in [2.24, 2.45) is 5.73 Å². The Labute approximate surface area is 117 Å². The maximum Gasteiger partial charge on any atom is 0.316 e. The number of para-hydroxylation sites is 1. The molecule has 0 radical (unpaired) electrons. The third kappa shape index (κ3) is 3.53. The summed E-state index contributed by atoms with van der Waals surface area (Å²) in [4.78, 5) is 10.9. The van der Waals surface area contributed by atoms with Crippen LogP contribution >= 0.6 is 0 Å². The van der Waals surface area contributed by atoms with Crippen molar-refractivity contribution in [1.82, 2.24) is 0 Å². The van der Waals surface area contributed by atoms with Crippen molar-refractivity contribution >= 4 is 11.7 Å². The molecule has 0 aliphatic carbocycles. The van der Waals surface area contributed by atoms with Crippen LogP contribution in [-0.2, 0) is 0 Å². The number of primary amides is 1. The molecule has 0 aliphatic rings. The zero-order valence-electron chi connectivity index (χ0n) is 11.0. The predicted octanol–water partition coefficient (Wildman–Crippen LogP) is 2.59. The van der Waals surface area contributed by atoms with Gasteiger partial charge in [-0.05, 0) is 36.4 Å². The molecule has 2 aromatic rings. The van der Waals surface area contributed by atoms with Crippen LogP contribution in [-0.4, -0.2) is 13.1 Å². The maximum absolute atomic E-state index is 10.9. The minimum Gasteiger partial charge on any atom is -0.497 e. The number of carbonyl (C=O) groups excluding carboxylic acids is 1. The molecule has 0 heterocycles. The van der Waals surface area contributed by atoms with Gasteiger partial charge in [-0.25, -0.2) is 4.79 Å². The van der Waals surface area contributed by atoms with Gasteiger partial charge >= 0.3 is 6.03 Å². The van der Waals surface area contributed by atoms with Crippen molar-refractivity contribution in [3.05, 3.63) is 59.7 Å². The number of urea groups is 1. The largest absolute Gasteiger partial charge is 0.497 e. The number of benzene rings is 2. The summed E-state index contributed by atoms with van der Waals surface area (Å²) in [6.07, 6.45) is 0. The summed E-state index contributed by atoms with van der Waals surface area (Å²) < 4.78 is 5.09. The number of rotatable bonds is 2. The Balaban J connectivity index is 2.25. The lowest BCUT2D eigenvalue weighted by atomic mass is 10.1. The van der Waals surface area contributed by atoms with Gasteiger partial charge in [0.25, 0.3) is 0 Å². The first kappa shape index (κ1) is 13.5. The summed E-state index contributed by atoms with van der Waals surface area (Å²) >= 11 is 0. The van der Waals surface area contributed by atoms with Crippen molar-refractivity contribution in [3.8, 4) is 17.6 Å². The van der Waals surface area contributed by atoms with Gasteiger partial charge in [0.2, 0.25) is 0 Å². The minimum atomic E-state index is -0.608. The van der Waals surface area contributed by atoms with Crippen LogP contribution in [0, 0.1) is 11.8 Å². The molecular formula is C16H14N2O2. The van der Waals surface area contributed by atoms with E-state index in [0.717, 1.165) is 11.3 Å². The summed E-state index contributed by atoms with van der Waals surface area (Å²) in [7, 11) is 1.62. The Morgan fingerprint density at radius 2 is 1.80 bits per heavy atom. The SMILES string of the molecule is COc1ccc(C#Cc2ccccc2NC(N)=O)cc1. The molecule has 2 amide bonds. The second kappa shape index (κ2) is 6.30. The average Bonchev–Trinajstić information content (AvgIpc) is 2.46. The lowest BCUT2D eigenvalue weighted by Crippen LogP contribution is -2.19. The van der Waals surface area contributed by atoms with Gasteiger partial charge in [-0.2, -0.15) is 0 Å². The fourth-order valence-electron chi connectivity index (χ4n) is 1.65. The number of anilines is 1. The van der Waals surface area contributed by atoms with Crippen LogP contribution in [0.1, 0.15) is 11.1 Å². The van der Waals surface area contributed by atoms with Crippen LogP contribution in [0.3, 0.4) is 0 Å². The number of amides is 2. The fraction of sp³-hybridized carbons (Fsp3) is 0.0625. The molecule has 4 nitrogen and oxygen atoms in total. The minimum absolute atomic E-state index is 0.598. The van der Waals surface area contributed by atoms with Crippen LogP contribution in [0.2, 0.25) is 0 Å². The molecule has 4 heteroatoms. The van der Waals surface area contributed by atoms with E-state index in [9.17, 15) is 4.79 Å². The van der Waals surface area contributed by atoms with Crippen molar-refractivity contribution < 1.29 is 9.53 Å². The van der Waals surface area contributed by atoms with E-state index in [1.807, 2.05) is 42.5 Å². The Kier molecular flexibility index (Phi) is 4.25. The first-order valence-corrected chi connectivity index (χ1v) is 6.00. The smallest absolute Gasteiger partial charge is 0.316 e. The molecule has 0 saturated carbocycles. The van der Waals surface area contributed by atoms with Crippen LogP contribution in [0.25, 0.3) is 0 Å². The van der Waals surface area contributed by atoms with E-state index in [4.69, 9.17) is 10.5 Å². The number of nitrogens with one attached hydrogen (secondary N) is 1. The number of methoxy groups -OCH3 is 1. The molecule has 20 heavy (non-hydrogen) atoms. The molecule has 0 unspecified atom stereocenters. The summed E-state index contributed by atoms with van der Waals surface area (Å²) in [6.45, 7) is 0. The summed E-state index contributed by atoms with van der Waals surface area (Å²) in [6, 6.07) is 14.1. The van der Waals surface area contributed by atoms with E-state index in [2.05, 4.69) is 17.2 Å². The van der Waals surface area contributed by atoms with Crippen LogP contribution < -0.4 is 15.8 Å². The summed E-state index contributed by atoms with van der Waals surface area (Å²) in [5, 5.41) is 2.54. The topological polar surface area (TPSA) is 64.3 Å². The lowest BCUT2D eigenvalue weighted by Gasteiger charge is -2.03. The summed E-state index contributed by atoms with van der Waals surface area (Å²) in [5.41, 5.74) is 7.29. The molecule has 0 atom stereocenters. The van der Waals surface area contributed by atoms with Crippen LogP contribution in [0.5, 0.6) is 5.75 Å². The molecule has 0 fully saturated rings. The van der Waals surface area contributed by atoms with Gasteiger partial charge in [0.1, 0.15) is 5.75 Å². The van der Waals surface area contributed by atoms with Gasteiger partial charge < -0.3 is 15.8 Å². The summed E-state index contributed by atoms with van der Waals surface area (Å²) in [5.74, 6) is 6.82. The normalized spacial score (nSPS) is 9.25. The van der Waals surface area contributed by atoms with Gasteiger partial charge in [-0.1, -0.05) is 24.0 Å². The highest BCUT2D eigenvalue weighted by molar-refractivity contribution is 5.89. The van der Waals surface area contributed by atoms with E-state index < -0.39 is 6.03 Å². The third-order valence-electron chi connectivity index (χ3n) is 2.62. The fourth-order valence-corrected chi connectivity index (χ4v) is 1.65. The van der Waals surface area contributed by atoms with E-state index in [-0.39, 0.29) is 0 Å². The monoisotopic (exact) mass is 266 g/mol. The van der Waals surface area contributed by atoms with Crippen molar-refractivity contribution in [2.45, 2.75) is 0 Å². The van der Waals surface area contributed by atoms with E-state index in [1.54, 1.807) is 13.2 Å². The quantitative estimate of drug-likeness (QED) is 0.820. The molecule has 0 spiro atoms. The first-order valence-electron chi connectivity index (χ1n) is 6.00. The number of hydrogen-bond acceptors (Lipinski definition) is 2. The zero-order chi connectivity index (χ0) is 14.4. The van der Waals surface area contributed by atoms with Gasteiger partial charge in [0, 0.05) is 11.1 Å². The number of ether oxygens (including phenoxy) is 1. The maximum atomic E-state index is 10.9. The number of hydrogen-bond donors (Lipinski definition) is 2. The molecule has 2 rings (SSSR count). The average molecular weight is 266 g/mol. The Bertz CT molecular complexity index is 667. The van der Waals surface area contributed by atoms with Gasteiger partial charge in [-0.15, -0.1) is 0 Å². The molecular weight excluding hydrogens is 252 g/mol. The van der Waals surface area contributed by atoms with E-state index in [1.165, 1.54) is 0 Å². The Morgan fingerprint density at radius 1 is 1.10 bits per heavy atom. The highest BCUT2D eigenvalue weighted by Crippen LogP contribution is 2.14. The number of carbonyl (C=O) groups is 1. The molecule has 100 valence electrons. The zero-order valence-corrected chi connectivity index (χ0v) is 11.0. The first-order chi connectivity index (χ1) is 9.69. The molecule has 2 aromatic carbocycles. The molecule has 0 saturated heterocycles. The van der Waals surface area contributed by atoms with Crippen molar-refractivity contribution in [3.63, 3.8) is 0 Å².